The van der Waals surface area contributed by atoms with Crippen LogP contribution in [0.2, 0.25) is 0 Å². The molecule has 14 nitrogen and oxygen atoms in total. The zero-order valence-corrected chi connectivity index (χ0v) is 40.5. The normalized spacial score (nSPS) is 18.8. The molecule has 70 heavy (non-hydrogen) atoms. The number of amides is 2. The summed E-state index contributed by atoms with van der Waals surface area (Å²) in [5, 5.41) is 17.0. The molecule has 0 radical (unpaired) electrons. The average molecular weight is 965 g/mol. The number of hydrogen-bond acceptors (Lipinski definition) is 10. The molecule has 18 heteroatoms. The number of nitrogens with zero attached hydrogens (tertiary/aromatic N) is 8. The third kappa shape index (κ3) is 8.95. The van der Waals surface area contributed by atoms with Crippen molar-refractivity contribution in [3.05, 3.63) is 118 Å². The number of aliphatic hydroxyl groups excluding tert-OH is 1. The lowest BCUT2D eigenvalue weighted by molar-refractivity contribution is -0.180. The van der Waals surface area contributed by atoms with E-state index in [4.69, 9.17) is 4.98 Å². The molecule has 6 heterocycles. The maximum Gasteiger partial charge on any atom is 0.398 e. The maximum absolute atomic E-state index is 14.7. The number of aliphatic hydroxyl groups is 1. The van der Waals surface area contributed by atoms with Gasteiger partial charge in [0.15, 0.2) is 5.82 Å². The van der Waals surface area contributed by atoms with E-state index >= 15 is 0 Å². The number of halogens is 4. The van der Waals surface area contributed by atoms with Crippen molar-refractivity contribution in [2.24, 2.45) is 12.5 Å². The molecule has 1 aliphatic carbocycles. The number of piperazine rings is 1. The van der Waals surface area contributed by atoms with Gasteiger partial charge < -0.3 is 34.7 Å². The number of piperidine rings is 1. The van der Waals surface area contributed by atoms with Gasteiger partial charge >= 0.3 is 6.18 Å². The third-order valence-electron chi connectivity index (χ3n) is 14.8. The molecular formula is C52H60F4N10O4. The third-order valence-corrected chi connectivity index (χ3v) is 14.8. The highest BCUT2D eigenvalue weighted by molar-refractivity contribution is 6.06. The zero-order valence-electron chi connectivity index (χ0n) is 40.5. The summed E-state index contributed by atoms with van der Waals surface area (Å²) in [5.41, 5.74) is 3.65. The van der Waals surface area contributed by atoms with Crippen molar-refractivity contribution in [1.82, 2.24) is 24.0 Å². The Labute approximate surface area is 404 Å². The second-order valence-electron chi connectivity index (χ2n) is 20.4. The van der Waals surface area contributed by atoms with Crippen molar-refractivity contribution in [2.75, 3.05) is 64.6 Å². The molecule has 2 fully saturated rings. The fourth-order valence-corrected chi connectivity index (χ4v) is 10.8. The van der Waals surface area contributed by atoms with Crippen molar-refractivity contribution >= 4 is 46.2 Å². The van der Waals surface area contributed by atoms with Gasteiger partial charge in [0.05, 0.1) is 29.1 Å². The van der Waals surface area contributed by atoms with Crippen molar-refractivity contribution in [3.63, 3.8) is 0 Å². The SMILES string of the molecule is C=CC(=O)Nc1cc(Nc2nc(-c3ccnc(N4CCn5c(cc6c5CC(C)(C)C6)C4=O)c3CO)cn(C)c2=O)ccc1N1CCN(C2CCN(c3ccc(F)c(C(C)(C)C(F)(F)F)c3)CC2)C[C@@H]1C. The lowest BCUT2D eigenvalue weighted by Gasteiger charge is -2.47. The van der Waals surface area contributed by atoms with E-state index in [0.29, 0.717) is 78.1 Å². The Balaban J connectivity index is 0.906. The van der Waals surface area contributed by atoms with Crippen LogP contribution in [0, 0.1) is 11.2 Å². The lowest BCUT2D eigenvalue weighted by atomic mass is 9.83. The molecule has 1 atom stereocenters. The van der Waals surface area contributed by atoms with Crippen LogP contribution in [0.1, 0.15) is 80.3 Å². The Kier molecular flexibility index (Phi) is 12.7. The van der Waals surface area contributed by atoms with Gasteiger partial charge in [0.1, 0.15) is 17.3 Å². The molecule has 4 aliphatic rings. The summed E-state index contributed by atoms with van der Waals surface area (Å²) in [7, 11) is 1.61. The monoisotopic (exact) mass is 964 g/mol. The van der Waals surface area contributed by atoms with Gasteiger partial charge in [0.25, 0.3) is 11.5 Å². The fraction of sp³-hybridized carbons (Fsp3) is 0.442. The maximum atomic E-state index is 14.7. The highest BCUT2D eigenvalue weighted by Crippen LogP contribution is 2.44. The smallest absolute Gasteiger partial charge is 0.392 e. The Morgan fingerprint density at radius 3 is 2.44 bits per heavy atom. The summed E-state index contributed by atoms with van der Waals surface area (Å²) < 4.78 is 59.8. The first-order chi connectivity index (χ1) is 33.2. The summed E-state index contributed by atoms with van der Waals surface area (Å²) in [6.45, 7) is 16.1. The van der Waals surface area contributed by atoms with Gasteiger partial charge in [-0.05, 0) is 112 Å². The number of hydrogen-bond donors (Lipinski definition) is 3. The van der Waals surface area contributed by atoms with E-state index < -0.39 is 35.5 Å². The average Bonchev–Trinajstić information content (AvgIpc) is 3.82. The summed E-state index contributed by atoms with van der Waals surface area (Å²) >= 11 is 0. The number of aryl methyl sites for hydroxylation is 1. The Bertz CT molecular complexity index is 2940. The molecule has 3 N–H and O–H groups in total. The number of alkyl halides is 3. The predicted molar refractivity (Wildman–Crippen MR) is 264 cm³/mol. The highest BCUT2D eigenvalue weighted by atomic mass is 19.4. The van der Waals surface area contributed by atoms with Crippen LogP contribution in [0.3, 0.4) is 0 Å². The molecule has 0 saturated carbocycles. The lowest BCUT2D eigenvalue weighted by Crippen LogP contribution is -2.57. The van der Waals surface area contributed by atoms with Gasteiger partial charge in [0.2, 0.25) is 5.91 Å². The minimum absolute atomic E-state index is 0.00152. The number of pyridine rings is 1. The fourth-order valence-electron chi connectivity index (χ4n) is 10.8. The minimum atomic E-state index is -4.61. The summed E-state index contributed by atoms with van der Waals surface area (Å²) in [5.74, 6) is -1.15. The highest BCUT2D eigenvalue weighted by Gasteiger charge is 2.50. The Morgan fingerprint density at radius 2 is 1.74 bits per heavy atom. The molecule has 3 aliphatic heterocycles. The summed E-state index contributed by atoms with van der Waals surface area (Å²) in [6, 6.07) is 13.4. The van der Waals surface area contributed by atoms with Crippen molar-refractivity contribution in [1.29, 1.82) is 0 Å². The van der Waals surface area contributed by atoms with Gasteiger partial charge in [-0.15, -0.1) is 0 Å². The number of fused-ring (bicyclic) bond motifs is 3. The molecule has 0 bridgehead atoms. The van der Waals surface area contributed by atoms with E-state index in [1.807, 2.05) is 23.1 Å². The van der Waals surface area contributed by atoms with Crippen LogP contribution in [0.15, 0.2) is 78.4 Å². The number of aromatic nitrogens is 4. The number of anilines is 6. The van der Waals surface area contributed by atoms with Gasteiger partial charge in [-0.25, -0.2) is 14.4 Å². The molecule has 0 spiro atoms. The molecule has 2 saturated heterocycles. The Hall–Kier alpha value is -6.53. The Morgan fingerprint density at radius 1 is 0.986 bits per heavy atom. The van der Waals surface area contributed by atoms with E-state index in [9.17, 15) is 37.1 Å². The molecule has 2 amide bonds. The second-order valence-corrected chi connectivity index (χ2v) is 20.4. The van der Waals surface area contributed by atoms with E-state index in [0.717, 1.165) is 64.4 Å². The molecular weight excluding hydrogens is 905 g/mol. The summed E-state index contributed by atoms with van der Waals surface area (Å²) in [4.78, 5) is 58.2. The van der Waals surface area contributed by atoms with Gasteiger partial charge in [-0.3, -0.25) is 24.2 Å². The van der Waals surface area contributed by atoms with Gasteiger partial charge in [-0.1, -0.05) is 20.4 Å². The first-order valence-electron chi connectivity index (χ1n) is 23.8. The van der Waals surface area contributed by atoms with Crippen LogP contribution in [-0.4, -0.2) is 98.5 Å². The second kappa shape index (κ2) is 18.3. The largest absolute Gasteiger partial charge is 0.398 e. The van der Waals surface area contributed by atoms with Gasteiger partial charge in [0, 0.05) is 111 Å². The van der Waals surface area contributed by atoms with Crippen LogP contribution < -0.4 is 30.9 Å². The molecule has 2 aromatic carbocycles. The minimum Gasteiger partial charge on any atom is -0.392 e. The number of carbonyl (C=O) groups excluding carboxylic acids is 2. The number of carbonyl (C=O) groups is 2. The van der Waals surface area contributed by atoms with Gasteiger partial charge in [-0.2, -0.15) is 13.2 Å². The quantitative estimate of drug-likeness (QED) is 0.0882. The first-order valence-corrected chi connectivity index (χ1v) is 23.8. The van der Waals surface area contributed by atoms with Crippen molar-refractivity contribution < 1.29 is 32.3 Å². The van der Waals surface area contributed by atoms with E-state index in [1.165, 1.54) is 28.0 Å². The van der Waals surface area contributed by atoms with Crippen LogP contribution in [0.4, 0.5) is 51.9 Å². The van der Waals surface area contributed by atoms with Crippen LogP contribution >= 0.6 is 0 Å². The molecule has 9 rings (SSSR count). The number of rotatable bonds is 11. The predicted octanol–water partition coefficient (Wildman–Crippen LogP) is 7.95. The zero-order chi connectivity index (χ0) is 50.0. The molecule has 0 unspecified atom stereocenters. The number of benzene rings is 2. The molecule has 3 aromatic heterocycles. The van der Waals surface area contributed by atoms with Crippen molar-refractivity contribution in [3.8, 4) is 11.3 Å². The number of nitrogens with one attached hydrogen (secondary N) is 2. The van der Waals surface area contributed by atoms with Crippen molar-refractivity contribution in [2.45, 2.75) is 97.1 Å². The van der Waals surface area contributed by atoms with E-state index in [-0.39, 0.29) is 34.8 Å². The topological polar surface area (TPSA) is 144 Å². The summed E-state index contributed by atoms with van der Waals surface area (Å²) in [6.07, 6.45) is 3.11. The van der Waals surface area contributed by atoms with Crippen LogP contribution in [-0.2, 0) is 43.3 Å². The van der Waals surface area contributed by atoms with Crippen LogP contribution in [0.5, 0.6) is 0 Å². The molecule has 5 aromatic rings. The van der Waals surface area contributed by atoms with Crippen LogP contribution in [0.25, 0.3) is 11.3 Å². The van der Waals surface area contributed by atoms with E-state index in [1.54, 1.807) is 42.5 Å². The first kappa shape index (κ1) is 48.5. The van der Waals surface area contributed by atoms with E-state index in [2.05, 4.69) is 57.3 Å². The standard InChI is InChI=1S/C52H60F4N10O4/c1-8-45(68)59-40-24-33(9-12-42(40)64-20-19-63(28-31(64)2)34-14-17-62(18-15-34)35-10-11-39(53)38(25-35)51(5,6)52(54,55)56)58-46-49(70)61(7)29-41(60-46)36-13-16-57-47(37(36)30-67)66-22-21-65-43(48(66)69)23-32-26-50(3,4)27-44(32)65/h8-13,16,23-25,29,31,34,67H,1,14-15,17-22,26-28,30H2,2-7H3,(H,58,60)(H,59,68)/t31-/m0/s1. The molecule has 370 valence electrons.